The highest BCUT2D eigenvalue weighted by Crippen LogP contribution is 2.30. The predicted molar refractivity (Wildman–Crippen MR) is 114 cm³/mol. The molecule has 0 saturated heterocycles. The van der Waals surface area contributed by atoms with Gasteiger partial charge in [0, 0.05) is 17.0 Å². The predicted octanol–water partition coefficient (Wildman–Crippen LogP) is 5.68. The Balaban J connectivity index is 1.72. The fraction of sp³-hybridized carbons (Fsp3) is 0.130. The molecule has 1 aromatic heterocycles. The number of nitrogens with zero attached hydrogens (tertiary/aromatic N) is 3. The zero-order valence-electron chi connectivity index (χ0n) is 16.2. The van der Waals surface area contributed by atoms with Crippen molar-refractivity contribution in [2.45, 2.75) is 17.8 Å². The Kier molecular flexibility index (Phi) is 5.62. The summed E-state index contributed by atoms with van der Waals surface area (Å²) in [7, 11) is 1.64. The van der Waals surface area contributed by atoms with E-state index < -0.39 is 0 Å². The van der Waals surface area contributed by atoms with Crippen LogP contribution in [0.2, 0.25) is 0 Å². The molecule has 0 aliphatic carbocycles. The molecule has 6 heteroatoms. The van der Waals surface area contributed by atoms with Crippen molar-refractivity contribution in [2.75, 3.05) is 7.11 Å². The number of hydrogen-bond acceptors (Lipinski definition) is 4. The van der Waals surface area contributed by atoms with E-state index >= 15 is 0 Å². The summed E-state index contributed by atoms with van der Waals surface area (Å²) in [5.41, 5.74) is 4.01. The quantitative estimate of drug-likeness (QED) is 0.387. The fourth-order valence-electron chi connectivity index (χ4n) is 2.99. The molecule has 146 valence electrons. The van der Waals surface area contributed by atoms with Crippen molar-refractivity contribution < 1.29 is 9.13 Å². The summed E-state index contributed by atoms with van der Waals surface area (Å²) in [5, 5.41) is 9.62. The lowest BCUT2D eigenvalue weighted by Crippen LogP contribution is -2.00. The van der Waals surface area contributed by atoms with Gasteiger partial charge in [-0.15, -0.1) is 10.2 Å². The van der Waals surface area contributed by atoms with Gasteiger partial charge in [-0.1, -0.05) is 41.6 Å². The monoisotopic (exact) mass is 405 g/mol. The van der Waals surface area contributed by atoms with Gasteiger partial charge in [-0.3, -0.25) is 4.57 Å². The molecular formula is C23H20FN3OS. The van der Waals surface area contributed by atoms with Crippen LogP contribution >= 0.6 is 11.8 Å². The van der Waals surface area contributed by atoms with Gasteiger partial charge < -0.3 is 4.74 Å². The van der Waals surface area contributed by atoms with Crippen LogP contribution in [0.3, 0.4) is 0 Å². The summed E-state index contributed by atoms with van der Waals surface area (Å²) >= 11 is 1.53. The Morgan fingerprint density at radius 3 is 2.41 bits per heavy atom. The molecule has 0 fully saturated rings. The summed E-state index contributed by atoms with van der Waals surface area (Å²) in [5.74, 6) is 1.90. The lowest BCUT2D eigenvalue weighted by molar-refractivity contribution is 0.415. The zero-order chi connectivity index (χ0) is 20.2. The van der Waals surface area contributed by atoms with Gasteiger partial charge in [0.2, 0.25) is 0 Å². The molecule has 0 aliphatic heterocycles. The van der Waals surface area contributed by atoms with E-state index in [0.29, 0.717) is 5.75 Å². The number of benzene rings is 3. The Hall–Kier alpha value is -3.12. The van der Waals surface area contributed by atoms with E-state index in [1.807, 2.05) is 34.9 Å². The third-order valence-electron chi connectivity index (χ3n) is 4.53. The topological polar surface area (TPSA) is 39.9 Å². The second-order valence-corrected chi connectivity index (χ2v) is 7.57. The maximum absolute atomic E-state index is 13.5. The first kappa shape index (κ1) is 19.2. The van der Waals surface area contributed by atoms with Gasteiger partial charge in [0.1, 0.15) is 11.6 Å². The van der Waals surface area contributed by atoms with Crippen LogP contribution in [0.1, 0.15) is 11.1 Å². The van der Waals surface area contributed by atoms with Crippen LogP contribution in [0, 0.1) is 12.7 Å². The lowest BCUT2D eigenvalue weighted by atomic mass is 10.2. The summed E-state index contributed by atoms with van der Waals surface area (Å²) in [4.78, 5) is 0. The van der Waals surface area contributed by atoms with Gasteiger partial charge in [-0.05, 0) is 61.0 Å². The van der Waals surface area contributed by atoms with Gasteiger partial charge in [0.15, 0.2) is 11.0 Å². The number of rotatable bonds is 6. The first-order valence-electron chi connectivity index (χ1n) is 9.18. The first-order chi connectivity index (χ1) is 14.1. The minimum Gasteiger partial charge on any atom is -0.497 e. The Labute approximate surface area is 173 Å². The molecule has 0 N–H and O–H groups in total. The maximum Gasteiger partial charge on any atom is 0.196 e. The maximum atomic E-state index is 13.5. The molecule has 0 amide bonds. The van der Waals surface area contributed by atoms with E-state index in [1.165, 1.54) is 23.4 Å². The van der Waals surface area contributed by atoms with E-state index in [0.717, 1.165) is 33.5 Å². The minimum absolute atomic E-state index is 0.234. The second kappa shape index (κ2) is 8.49. The highest BCUT2D eigenvalue weighted by molar-refractivity contribution is 7.98. The molecule has 0 unspecified atom stereocenters. The molecule has 4 aromatic rings. The van der Waals surface area contributed by atoms with Crippen LogP contribution in [0.4, 0.5) is 4.39 Å². The molecule has 1 heterocycles. The molecule has 4 nitrogen and oxygen atoms in total. The number of methoxy groups -OCH3 is 1. The number of aryl methyl sites for hydroxylation is 1. The van der Waals surface area contributed by atoms with Gasteiger partial charge in [-0.2, -0.15) is 0 Å². The van der Waals surface area contributed by atoms with Crippen molar-refractivity contribution >= 4 is 11.8 Å². The van der Waals surface area contributed by atoms with Crippen LogP contribution in [0.15, 0.2) is 78.0 Å². The number of thioether (sulfide) groups is 1. The molecule has 0 bridgehead atoms. The molecule has 0 spiro atoms. The number of hydrogen-bond donors (Lipinski definition) is 0. The third-order valence-corrected chi connectivity index (χ3v) is 5.53. The van der Waals surface area contributed by atoms with Crippen molar-refractivity contribution in [3.05, 3.63) is 89.7 Å². The lowest BCUT2D eigenvalue weighted by Gasteiger charge is -2.11. The van der Waals surface area contributed by atoms with Crippen molar-refractivity contribution in [3.8, 4) is 22.8 Å². The normalized spacial score (nSPS) is 10.9. The summed E-state index contributed by atoms with van der Waals surface area (Å²) in [6.45, 7) is 2.06. The van der Waals surface area contributed by atoms with Gasteiger partial charge in [0.05, 0.1) is 7.11 Å². The summed E-state index contributed by atoms with van der Waals surface area (Å²) < 4.78 is 20.8. The Morgan fingerprint density at radius 2 is 1.72 bits per heavy atom. The van der Waals surface area contributed by atoms with Crippen molar-refractivity contribution in [1.82, 2.24) is 14.8 Å². The van der Waals surface area contributed by atoms with Crippen LogP contribution in [-0.4, -0.2) is 21.9 Å². The standard InChI is InChI=1S/C23H20FN3OS/c1-16-6-10-20(11-7-16)27-22(18-8-12-21(28-2)13-9-18)25-26-23(27)29-15-17-4-3-5-19(24)14-17/h3-14H,15H2,1-2H3. The molecule has 0 radical (unpaired) electrons. The SMILES string of the molecule is COc1ccc(-c2nnc(SCc3cccc(F)c3)n2-c2ccc(C)cc2)cc1. The zero-order valence-corrected chi connectivity index (χ0v) is 17.0. The summed E-state index contributed by atoms with van der Waals surface area (Å²) in [6.07, 6.45) is 0. The molecular weight excluding hydrogens is 385 g/mol. The Bertz CT molecular complexity index is 1110. The molecule has 0 aliphatic rings. The van der Waals surface area contributed by atoms with E-state index in [-0.39, 0.29) is 5.82 Å². The van der Waals surface area contributed by atoms with Crippen LogP contribution in [0.25, 0.3) is 17.1 Å². The van der Waals surface area contributed by atoms with E-state index in [1.54, 1.807) is 19.2 Å². The van der Waals surface area contributed by atoms with Crippen LogP contribution in [0.5, 0.6) is 5.75 Å². The van der Waals surface area contributed by atoms with Gasteiger partial charge >= 0.3 is 0 Å². The van der Waals surface area contributed by atoms with Gasteiger partial charge in [0.25, 0.3) is 0 Å². The number of aromatic nitrogens is 3. The molecule has 3 aromatic carbocycles. The fourth-order valence-corrected chi connectivity index (χ4v) is 3.89. The number of halogens is 1. The van der Waals surface area contributed by atoms with Crippen molar-refractivity contribution in [3.63, 3.8) is 0 Å². The largest absolute Gasteiger partial charge is 0.497 e. The first-order valence-corrected chi connectivity index (χ1v) is 10.2. The second-order valence-electron chi connectivity index (χ2n) is 6.62. The van der Waals surface area contributed by atoms with E-state index in [9.17, 15) is 4.39 Å². The molecule has 29 heavy (non-hydrogen) atoms. The third kappa shape index (κ3) is 4.32. The molecule has 4 rings (SSSR count). The summed E-state index contributed by atoms with van der Waals surface area (Å²) in [6, 6.07) is 22.6. The minimum atomic E-state index is -0.234. The van der Waals surface area contributed by atoms with E-state index in [4.69, 9.17) is 4.74 Å². The highest BCUT2D eigenvalue weighted by Gasteiger charge is 2.16. The van der Waals surface area contributed by atoms with Crippen LogP contribution < -0.4 is 4.74 Å². The van der Waals surface area contributed by atoms with E-state index in [2.05, 4.69) is 41.4 Å². The molecule has 0 atom stereocenters. The molecule has 0 saturated carbocycles. The van der Waals surface area contributed by atoms with Crippen molar-refractivity contribution in [1.29, 1.82) is 0 Å². The van der Waals surface area contributed by atoms with Crippen LogP contribution in [-0.2, 0) is 5.75 Å². The average molecular weight is 405 g/mol. The highest BCUT2D eigenvalue weighted by atomic mass is 32.2. The Morgan fingerprint density at radius 1 is 0.966 bits per heavy atom. The average Bonchev–Trinajstić information content (AvgIpc) is 3.17. The van der Waals surface area contributed by atoms with Crippen molar-refractivity contribution in [2.24, 2.45) is 0 Å². The number of ether oxygens (including phenoxy) is 1. The van der Waals surface area contributed by atoms with Gasteiger partial charge in [-0.25, -0.2) is 4.39 Å². The smallest absolute Gasteiger partial charge is 0.196 e.